The van der Waals surface area contributed by atoms with Crippen molar-refractivity contribution in [3.63, 3.8) is 0 Å². The van der Waals surface area contributed by atoms with E-state index in [1.807, 2.05) is 26.8 Å². The van der Waals surface area contributed by atoms with Crippen molar-refractivity contribution >= 4 is 34.6 Å². The molecule has 1 unspecified atom stereocenters. The van der Waals surface area contributed by atoms with Crippen molar-refractivity contribution < 1.29 is 18.7 Å². The number of hydrogen-bond donors (Lipinski definition) is 0. The summed E-state index contributed by atoms with van der Waals surface area (Å²) in [7, 11) is 0. The van der Waals surface area contributed by atoms with E-state index in [0.29, 0.717) is 43.1 Å². The van der Waals surface area contributed by atoms with Crippen LogP contribution in [-0.4, -0.2) is 64.6 Å². The molecule has 0 N–H and O–H groups in total. The minimum absolute atomic E-state index is 0.00146. The van der Waals surface area contributed by atoms with Crippen LogP contribution in [0.2, 0.25) is 0 Å². The second-order valence-electron chi connectivity index (χ2n) is 8.59. The Morgan fingerprint density at radius 2 is 2.06 bits per heavy atom. The molecule has 1 saturated heterocycles. The van der Waals surface area contributed by atoms with Gasteiger partial charge in [-0.05, 0) is 44.9 Å². The van der Waals surface area contributed by atoms with Crippen LogP contribution in [0.15, 0.2) is 12.1 Å². The summed E-state index contributed by atoms with van der Waals surface area (Å²) in [6.07, 6.45) is -0.375. The summed E-state index contributed by atoms with van der Waals surface area (Å²) in [5.41, 5.74) is 0.649. The number of carbonyl (C=O) groups is 2. The van der Waals surface area contributed by atoms with Gasteiger partial charge in [-0.2, -0.15) is 5.26 Å². The largest absolute Gasteiger partial charge is 0.444 e. The minimum atomic E-state index is -0.586. The maximum Gasteiger partial charge on any atom is 0.410 e. The molecule has 0 aliphatic carbocycles. The third-order valence-electron chi connectivity index (χ3n) is 5.04. The van der Waals surface area contributed by atoms with Crippen LogP contribution in [0.5, 0.6) is 0 Å². The van der Waals surface area contributed by atoms with Crippen LogP contribution in [0, 0.1) is 24.1 Å². The highest BCUT2D eigenvalue weighted by Crippen LogP contribution is 2.30. The predicted molar refractivity (Wildman–Crippen MR) is 121 cm³/mol. The van der Waals surface area contributed by atoms with Crippen molar-refractivity contribution in [3.05, 3.63) is 34.6 Å². The zero-order valence-electron chi connectivity index (χ0n) is 18.6. The fourth-order valence-electron chi connectivity index (χ4n) is 3.47. The molecule has 1 amide bonds. The average molecular weight is 470 g/mol. The molecule has 6 nitrogen and oxygen atoms in total. The molecule has 1 heterocycles. The van der Waals surface area contributed by atoms with E-state index in [1.165, 1.54) is 24.8 Å². The molecular formula is C22H29ClFN3O3S. The quantitative estimate of drug-likeness (QED) is 0.591. The topological polar surface area (TPSA) is 73.6 Å². The number of rotatable bonds is 5. The lowest BCUT2D eigenvalue weighted by Crippen LogP contribution is -2.57. The van der Waals surface area contributed by atoms with Gasteiger partial charge >= 0.3 is 6.09 Å². The number of amides is 1. The standard InChI is InChI=1S/C22H29ClFN3O3S/c1-14-17(6-7-20(24)18(14)10-25)19(23)12-26-8-9-27(21(29)30-22(3,4)5)11-16(26)13-31-15(2)28/h6-7,16,19H,8-9,11-13H2,1-5H3/t16-,19?/m0/s1. The molecule has 0 saturated carbocycles. The Balaban J connectivity index is 2.16. The molecule has 2 rings (SSSR count). The zero-order valence-corrected chi connectivity index (χ0v) is 20.1. The Morgan fingerprint density at radius 3 is 2.65 bits per heavy atom. The van der Waals surface area contributed by atoms with E-state index < -0.39 is 16.8 Å². The molecule has 0 spiro atoms. The van der Waals surface area contributed by atoms with Gasteiger partial charge in [-0.15, -0.1) is 11.6 Å². The molecule has 170 valence electrons. The van der Waals surface area contributed by atoms with Crippen molar-refractivity contribution in [3.8, 4) is 6.07 Å². The molecule has 31 heavy (non-hydrogen) atoms. The van der Waals surface area contributed by atoms with Crippen LogP contribution in [0.3, 0.4) is 0 Å². The fraction of sp³-hybridized carbons (Fsp3) is 0.591. The molecule has 1 aliphatic heterocycles. The number of piperazine rings is 1. The monoisotopic (exact) mass is 469 g/mol. The van der Waals surface area contributed by atoms with Gasteiger partial charge in [-0.1, -0.05) is 17.8 Å². The lowest BCUT2D eigenvalue weighted by molar-refractivity contribution is -0.109. The van der Waals surface area contributed by atoms with E-state index in [0.717, 1.165) is 0 Å². The van der Waals surface area contributed by atoms with Gasteiger partial charge in [0.25, 0.3) is 0 Å². The van der Waals surface area contributed by atoms with Crippen molar-refractivity contribution in [1.82, 2.24) is 9.80 Å². The molecule has 2 atom stereocenters. The molecule has 9 heteroatoms. The number of benzene rings is 1. The lowest BCUT2D eigenvalue weighted by Gasteiger charge is -2.42. The molecule has 1 aromatic carbocycles. The first-order valence-electron chi connectivity index (χ1n) is 10.1. The maximum atomic E-state index is 13.9. The van der Waals surface area contributed by atoms with Gasteiger partial charge in [-0.25, -0.2) is 9.18 Å². The molecule has 1 aromatic rings. The first kappa shape index (κ1) is 25.4. The zero-order chi connectivity index (χ0) is 23.3. The van der Waals surface area contributed by atoms with E-state index in [9.17, 15) is 19.2 Å². The number of ether oxygens (including phenoxy) is 1. The molecule has 0 bridgehead atoms. The number of halogens is 2. The van der Waals surface area contributed by atoms with Crippen molar-refractivity contribution in [2.45, 2.75) is 51.6 Å². The normalized spacial score (nSPS) is 18.4. The highest BCUT2D eigenvalue weighted by Gasteiger charge is 2.33. The second kappa shape index (κ2) is 10.7. The summed E-state index contributed by atoms with van der Waals surface area (Å²) in [5.74, 6) is -0.0429. The number of thioether (sulfide) groups is 1. The van der Waals surface area contributed by atoms with Gasteiger partial charge in [0.2, 0.25) is 0 Å². The maximum absolute atomic E-state index is 13.9. The van der Waals surface area contributed by atoms with Crippen molar-refractivity contribution in [2.24, 2.45) is 0 Å². The number of carbonyl (C=O) groups excluding carboxylic acids is 2. The van der Waals surface area contributed by atoms with Crippen LogP contribution >= 0.6 is 23.4 Å². The summed E-state index contributed by atoms with van der Waals surface area (Å²) in [4.78, 5) is 27.9. The first-order chi connectivity index (χ1) is 14.4. The molecule has 1 fully saturated rings. The number of nitrogens with zero attached hydrogens (tertiary/aromatic N) is 3. The highest BCUT2D eigenvalue weighted by molar-refractivity contribution is 8.13. The van der Waals surface area contributed by atoms with Crippen LogP contribution in [0.1, 0.15) is 49.8 Å². The molecule has 1 aliphatic rings. The van der Waals surface area contributed by atoms with Gasteiger partial charge in [-0.3, -0.25) is 9.69 Å². The summed E-state index contributed by atoms with van der Waals surface area (Å²) >= 11 is 7.90. The second-order valence-corrected chi connectivity index (χ2v) is 10.3. The summed E-state index contributed by atoms with van der Waals surface area (Å²) in [6.45, 7) is 10.6. The average Bonchev–Trinajstić information content (AvgIpc) is 2.66. The van der Waals surface area contributed by atoms with Crippen LogP contribution < -0.4 is 0 Å². The van der Waals surface area contributed by atoms with Crippen LogP contribution in [-0.2, 0) is 9.53 Å². The smallest absolute Gasteiger partial charge is 0.410 e. The lowest BCUT2D eigenvalue weighted by atomic mass is 9.99. The molecule has 0 aromatic heterocycles. The van der Waals surface area contributed by atoms with Crippen LogP contribution in [0.4, 0.5) is 9.18 Å². The fourth-order valence-corrected chi connectivity index (χ4v) is 4.63. The van der Waals surface area contributed by atoms with E-state index in [2.05, 4.69) is 4.90 Å². The number of alkyl halides is 1. The Bertz CT molecular complexity index is 869. The Morgan fingerprint density at radius 1 is 1.39 bits per heavy atom. The van der Waals surface area contributed by atoms with E-state index >= 15 is 0 Å². The van der Waals surface area contributed by atoms with Crippen LogP contribution in [0.25, 0.3) is 0 Å². The Kier molecular flexibility index (Phi) is 8.75. The third-order valence-corrected chi connectivity index (χ3v) is 6.37. The number of hydrogen-bond acceptors (Lipinski definition) is 6. The van der Waals surface area contributed by atoms with Crippen molar-refractivity contribution in [1.29, 1.82) is 5.26 Å². The third kappa shape index (κ3) is 7.09. The van der Waals surface area contributed by atoms with Gasteiger partial charge in [0.05, 0.1) is 10.9 Å². The Hall–Kier alpha value is -1.82. The summed E-state index contributed by atoms with van der Waals surface area (Å²) < 4.78 is 19.4. The number of nitriles is 1. The van der Waals surface area contributed by atoms with Gasteiger partial charge in [0, 0.05) is 44.9 Å². The highest BCUT2D eigenvalue weighted by atomic mass is 35.5. The minimum Gasteiger partial charge on any atom is -0.444 e. The molecular weight excluding hydrogens is 441 g/mol. The SMILES string of the molecule is CC(=O)SC[C@@H]1CN(C(=O)OC(C)(C)C)CCN1CC(Cl)c1ccc(F)c(C#N)c1C. The van der Waals surface area contributed by atoms with Crippen molar-refractivity contribution in [2.75, 3.05) is 31.9 Å². The Labute approximate surface area is 192 Å². The van der Waals surface area contributed by atoms with E-state index in [-0.39, 0.29) is 22.8 Å². The van der Waals surface area contributed by atoms with Gasteiger partial charge in [0.15, 0.2) is 5.12 Å². The van der Waals surface area contributed by atoms with E-state index in [4.69, 9.17) is 16.3 Å². The van der Waals surface area contributed by atoms with Gasteiger partial charge in [0.1, 0.15) is 17.5 Å². The summed E-state index contributed by atoms with van der Waals surface area (Å²) in [5, 5.41) is 8.76. The van der Waals surface area contributed by atoms with Gasteiger partial charge < -0.3 is 9.64 Å². The van der Waals surface area contributed by atoms with E-state index in [1.54, 1.807) is 17.9 Å². The predicted octanol–water partition coefficient (Wildman–Crippen LogP) is 4.49. The molecule has 0 radical (unpaired) electrons. The summed E-state index contributed by atoms with van der Waals surface area (Å²) in [6, 6.07) is 4.68. The first-order valence-corrected chi connectivity index (χ1v) is 11.5.